The Balaban J connectivity index is 1.23. The first-order valence-electron chi connectivity index (χ1n) is 9.86. The van der Waals surface area contributed by atoms with Gasteiger partial charge in [-0.05, 0) is 49.2 Å². The number of rotatable bonds is 6. The number of benzene rings is 1. The molecule has 0 saturated carbocycles. The number of hydrogen-bond acceptors (Lipinski definition) is 6. The number of carbonyl (C=O) groups is 1. The summed E-state index contributed by atoms with van der Waals surface area (Å²) in [5.74, 6) is 0.860. The lowest BCUT2D eigenvalue weighted by molar-refractivity contribution is -0.117. The highest BCUT2D eigenvalue weighted by molar-refractivity contribution is 7.09. The van der Waals surface area contributed by atoms with Crippen molar-refractivity contribution in [2.45, 2.75) is 20.4 Å². The molecule has 3 aromatic rings. The van der Waals surface area contributed by atoms with Gasteiger partial charge in [0.1, 0.15) is 10.7 Å². The van der Waals surface area contributed by atoms with Crippen LogP contribution in [0.5, 0.6) is 0 Å². The molecule has 3 heterocycles. The number of nitrogens with zero attached hydrogens (tertiary/aromatic N) is 3. The van der Waals surface area contributed by atoms with Crippen LogP contribution < -0.4 is 5.32 Å². The molecule has 0 bridgehead atoms. The van der Waals surface area contributed by atoms with Crippen LogP contribution in [-0.4, -0.2) is 53.4 Å². The maximum absolute atomic E-state index is 12.4. The van der Waals surface area contributed by atoms with E-state index in [0.717, 1.165) is 66.0 Å². The third-order valence-electron chi connectivity index (χ3n) is 5.02. The van der Waals surface area contributed by atoms with Gasteiger partial charge in [-0.25, -0.2) is 4.98 Å². The minimum atomic E-state index is 0.0477. The van der Waals surface area contributed by atoms with Crippen LogP contribution in [0.1, 0.15) is 16.1 Å². The van der Waals surface area contributed by atoms with Crippen molar-refractivity contribution in [1.82, 2.24) is 14.8 Å². The van der Waals surface area contributed by atoms with Crippen LogP contribution in [0.3, 0.4) is 0 Å². The van der Waals surface area contributed by atoms with Crippen molar-refractivity contribution in [2.24, 2.45) is 0 Å². The first kappa shape index (κ1) is 19.8. The second-order valence-electron chi connectivity index (χ2n) is 7.58. The van der Waals surface area contributed by atoms with Gasteiger partial charge in [0.25, 0.3) is 0 Å². The van der Waals surface area contributed by atoms with Gasteiger partial charge in [0, 0.05) is 37.2 Å². The number of furan rings is 1. The summed E-state index contributed by atoms with van der Waals surface area (Å²) in [4.78, 5) is 21.7. The van der Waals surface area contributed by atoms with Gasteiger partial charge in [-0.1, -0.05) is 6.07 Å². The molecule has 1 aromatic carbocycles. The second-order valence-corrected chi connectivity index (χ2v) is 8.52. The zero-order chi connectivity index (χ0) is 20.2. The summed E-state index contributed by atoms with van der Waals surface area (Å²) < 4.78 is 5.42. The molecular weight excluding hydrogens is 384 g/mol. The van der Waals surface area contributed by atoms with E-state index >= 15 is 0 Å². The number of amides is 1. The monoisotopic (exact) mass is 410 g/mol. The number of aromatic nitrogens is 1. The largest absolute Gasteiger partial charge is 0.463 e. The molecule has 0 radical (unpaired) electrons. The Bertz CT molecular complexity index is 939. The highest BCUT2D eigenvalue weighted by Gasteiger charge is 2.20. The summed E-state index contributed by atoms with van der Waals surface area (Å²) >= 11 is 1.67. The molecule has 4 rings (SSSR count). The van der Waals surface area contributed by atoms with Crippen LogP contribution >= 0.6 is 11.3 Å². The van der Waals surface area contributed by atoms with Crippen LogP contribution in [0, 0.1) is 13.8 Å². The molecule has 7 heteroatoms. The van der Waals surface area contributed by atoms with Crippen molar-refractivity contribution in [2.75, 3.05) is 38.0 Å². The Morgan fingerprint density at radius 1 is 1.14 bits per heavy atom. The van der Waals surface area contributed by atoms with Crippen LogP contribution in [-0.2, 0) is 11.3 Å². The van der Waals surface area contributed by atoms with E-state index in [2.05, 4.69) is 26.2 Å². The Morgan fingerprint density at radius 2 is 1.86 bits per heavy atom. The molecule has 6 nitrogen and oxygen atoms in total. The second kappa shape index (κ2) is 8.90. The van der Waals surface area contributed by atoms with E-state index in [1.165, 1.54) is 0 Å². The molecule has 1 aliphatic heterocycles. The molecule has 1 N–H and O–H groups in total. The number of carbonyl (C=O) groups excluding carboxylic acids is 1. The SMILES string of the molecule is Cc1cc(C)cc(NC(=O)CN2CCN(Cc3nc(-c4ccco4)cs3)CC2)c1. The fourth-order valence-electron chi connectivity index (χ4n) is 3.67. The smallest absolute Gasteiger partial charge is 0.238 e. The minimum absolute atomic E-state index is 0.0477. The molecule has 29 heavy (non-hydrogen) atoms. The lowest BCUT2D eigenvalue weighted by Gasteiger charge is -2.33. The first-order chi connectivity index (χ1) is 14.0. The summed E-state index contributed by atoms with van der Waals surface area (Å²) in [6.45, 7) is 9.00. The van der Waals surface area contributed by atoms with Crippen molar-refractivity contribution < 1.29 is 9.21 Å². The topological polar surface area (TPSA) is 61.6 Å². The summed E-state index contributed by atoms with van der Waals surface area (Å²) in [6.07, 6.45) is 1.67. The standard InChI is InChI=1S/C22H26N4O2S/c1-16-10-17(2)12-18(11-16)23-21(27)13-25-5-7-26(8-6-25)14-22-24-19(15-29-22)20-4-3-9-28-20/h3-4,9-12,15H,5-8,13-14H2,1-2H3,(H,23,27). The van der Waals surface area contributed by atoms with Crippen LogP contribution in [0.25, 0.3) is 11.5 Å². The zero-order valence-corrected chi connectivity index (χ0v) is 17.7. The van der Waals surface area contributed by atoms with E-state index < -0.39 is 0 Å². The van der Waals surface area contributed by atoms with Gasteiger partial charge >= 0.3 is 0 Å². The molecule has 0 aliphatic carbocycles. The summed E-state index contributed by atoms with van der Waals surface area (Å²) in [6, 6.07) is 9.93. The molecule has 152 valence electrons. The number of piperazine rings is 1. The number of nitrogens with one attached hydrogen (secondary N) is 1. The van der Waals surface area contributed by atoms with E-state index in [-0.39, 0.29) is 5.91 Å². The lowest BCUT2D eigenvalue weighted by Crippen LogP contribution is -2.48. The van der Waals surface area contributed by atoms with E-state index in [9.17, 15) is 4.79 Å². The van der Waals surface area contributed by atoms with Gasteiger partial charge in [-0.15, -0.1) is 11.3 Å². The maximum Gasteiger partial charge on any atom is 0.238 e. The highest BCUT2D eigenvalue weighted by atomic mass is 32.1. The third kappa shape index (κ3) is 5.32. The average Bonchev–Trinajstić information content (AvgIpc) is 3.34. The van der Waals surface area contributed by atoms with Gasteiger partial charge in [0.2, 0.25) is 5.91 Å². The Hall–Kier alpha value is -2.48. The van der Waals surface area contributed by atoms with Crippen LogP contribution in [0.4, 0.5) is 5.69 Å². The van der Waals surface area contributed by atoms with Gasteiger partial charge in [-0.2, -0.15) is 0 Å². The molecule has 0 spiro atoms. The maximum atomic E-state index is 12.4. The fourth-order valence-corrected chi connectivity index (χ4v) is 4.49. The van der Waals surface area contributed by atoms with E-state index in [4.69, 9.17) is 4.42 Å². The average molecular weight is 411 g/mol. The van der Waals surface area contributed by atoms with E-state index in [1.807, 2.05) is 43.5 Å². The fraction of sp³-hybridized carbons (Fsp3) is 0.364. The van der Waals surface area contributed by atoms with Crippen molar-refractivity contribution in [3.8, 4) is 11.5 Å². The summed E-state index contributed by atoms with van der Waals surface area (Å²) in [5, 5.41) is 6.16. The summed E-state index contributed by atoms with van der Waals surface area (Å²) in [5.41, 5.74) is 4.09. The third-order valence-corrected chi connectivity index (χ3v) is 5.86. The molecular formula is C22H26N4O2S. The minimum Gasteiger partial charge on any atom is -0.463 e. The molecule has 0 unspecified atom stereocenters. The normalized spacial score (nSPS) is 15.5. The predicted octanol–water partition coefficient (Wildman–Crippen LogP) is 3.78. The zero-order valence-electron chi connectivity index (χ0n) is 16.9. The predicted molar refractivity (Wildman–Crippen MR) is 116 cm³/mol. The molecule has 1 saturated heterocycles. The van der Waals surface area contributed by atoms with Gasteiger partial charge in [-0.3, -0.25) is 14.6 Å². The molecule has 2 aromatic heterocycles. The Kier molecular flexibility index (Phi) is 6.08. The van der Waals surface area contributed by atoms with Crippen molar-refractivity contribution in [3.63, 3.8) is 0 Å². The quantitative estimate of drug-likeness (QED) is 0.670. The Morgan fingerprint density at radius 3 is 2.55 bits per heavy atom. The van der Waals surface area contributed by atoms with Gasteiger partial charge in [0.05, 0.1) is 19.4 Å². The van der Waals surface area contributed by atoms with E-state index in [1.54, 1.807) is 17.6 Å². The number of hydrogen-bond donors (Lipinski definition) is 1. The highest BCUT2D eigenvalue weighted by Crippen LogP contribution is 2.23. The lowest BCUT2D eigenvalue weighted by atomic mass is 10.1. The van der Waals surface area contributed by atoms with Crippen molar-refractivity contribution in [1.29, 1.82) is 0 Å². The molecule has 1 fully saturated rings. The Labute approximate surface area is 175 Å². The van der Waals surface area contributed by atoms with Crippen LogP contribution in [0.15, 0.2) is 46.4 Å². The number of thiazole rings is 1. The number of aryl methyl sites for hydroxylation is 2. The van der Waals surface area contributed by atoms with Crippen molar-refractivity contribution >= 4 is 22.9 Å². The summed E-state index contributed by atoms with van der Waals surface area (Å²) in [7, 11) is 0. The molecule has 0 atom stereocenters. The van der Waals surface area contributed by atoms with Crippen LogP contribution in [0.2, 0.25) is 0 Å². The molecule has 1 aliphatic rings. The molecule has 1 amide bonds. The van der Waals surface area contributed by atoms with Gasteiger partial charge < -0.3 is 9.73 Å². The number of anilines is 1. The van der Waals surface area contributed by atoms with E-state index in [0.29, 0.717) is 6.54 Å². The van der Waals surface area contributed by atoms with Gasteiger partial charge in [0.15, 0.2) is 5.76 Å². The van der Waals surface area contributed by atoms with Crippen molar-refractivity contribution in [3.05, 3.63) is 58.1 Å². The first-order valence-corrected chi connectivity index (χ1v) is 10.7.